The maximum atomic E-state index is 13.1. The van der Waals surface area contributed by atoms with Gasteiger partial charge in [0.25, 0.3) is 5.91 Å². The lowest BCUT2D eigenvalue weighted by Gasteiger charge is -2.15. The number of aryl methyl sites for hydroxylation is 1. The number of hydrogen-bond acceptors (Lipinski definition) is 6. The van der Waals surface area contributed by atoms with E-state index in [-0.39, 0.29) is 5.91 Å². The second kappa shape index (κ2) is 9.85. The monoisotopic (exact) mass is 526 g/mol. The average molecular weight is 527 g/mol. The number of carbonyl (C=O) groups excluding carboxylic acids is 1. The molecule has 1 fully saturated rings. The second-order valence-electron chi connectivity index (χ2n) is 7.03. The molecule has 2 heterocycles. The fraction of sp³-hybridized carbons (Fsp3) is 0.125. The Morgan fingerprint density at radius 1 is 1.19 bits per heavy atom. The van der Waals surface area contributed by atoms with Gasteiger partial charge in [-0.25, -0.2) is 0 Å². The van der Waals surface area contributed by atoms with Crippen LogP contribution in [0.3, 0.4) is 0 Å². The van der Waals surface area contributed by atoms with Gasteiger partial charge in [-0.15, -0.1) is 0 Å². The molecule has 162 valence electrons. The van der Waals surface area contributed by atoms with Crippen molar-refractivity contribution in [3.05, 3.63) is 87.0 Å². The summed E-state index contributed by atoms with van der Waals surface area (Å²) in [5.41, 5.74) is 3.64. The number of methoxy groups -OCH3 is 1. The normalized spacial score (nSPS) is 14.8. The van der Waals surface area contributed by atoms with Crippen molar-refractivity contribution < 1.29 is 14.3 Å². The van der Waals surface area contributed by atoms with Crippen LogP contribution in [-0.4, -0.2) is 22.3 Å². The number of benzene rings is 2. The summed E-state index contributed by atoms with van der Waals surface area (Å²) in [6, 6.07) is 15.3. The summed E-state index contributed by atoms with van der Waals surface area (Å²) >= 11 is 10.3. The third-order valence-electron chi connectivity index (χ3n) is 4.74. The second-order valence-corrected chi connectivity index (χ2v) is 9.56. The van der Waals surface area contributed by atoms with Gasteiger partial charge in [-0.2, -0.15) is 0 Å². The summed E-state index contributed by atoms with van der Waals surface area (Å²) in [5, 5.41) is 0. The Morgan fingerprint density at radius 3 is 2.69 bits per heavy atom. The molecule has 32 heavy (non-hydrogen) atoms. The topological polar surface area (TPSA) is 51.7 Å². The number of pyridine rings is 1. The highest BCUT2D eigenvalue weighted by molar-refractivity contribution is 9.10. The first kappa shape index (κ1) is 22.5. The molecule has 0 bridgehead atoms. The minimum Gasteiger partial charge on any atom is -0.493 e. The highest BCUT2D eigenvalue weighted by atomic mass is 79.9. The Bertz CT molecular complexity index is 1220. The van der Waals surface area contributed by atoms with E-state index < -0.39 is 0 Å². The van der Waals surface area contributed by atoms with Crippen molar-refractivity contribution in [2.24, 2.45) is 0 Å². The molecule has 4 rings (SSSR count). The van der Waals surface area contributed by atoms with Crippen molar-refractivity contribution >= 4 is 61.9 Å². The Morgan fingerprint density at radius 2 is 1.97 bits per heavy atom. The Hall–Kier alpha value is -2.68. The number of thiocarbonyl (C=S) groups is 1. The SMILES string of the molecule is COc1cc(/C=C2/SC(=S)N(c3cccc(C)c3)C2=O)cc(Br)c1OCc1ccncc1. The zero-order valence-electron chi connectivity index (χ0n) is 17.4. The molecule has 0 atom stereocenters. The third-order valence-corrected chi connectivity index (χ3v) is 6.63. The number of halogens is 1. The molecule has 0 radical (unpaired) electrons. The van der Waals surface area contributed by atoms with Gasteiger partial charge < -0.3 is 9.47 Å². The van der Waals surface area contributed by atoms with Crippen molar-refractivity contribution in [2.75, 3.05) is 12.0 Å². The van der Waals surface area contributed by atoms with Crippen molar-refractivity contribution in [1.29, 1.82) is 0 Å². The molecular weight excluding hydrogens is 508 g/mol. The maximum absolute atomic E-state index is 13.1. The van der Waals surface area contributed by atoms with Crippen molar-refractivity contribution in [2.45, 2.75) is 13.5 Å². The lowest BCUT2D eigenvalue weighted by molar-refractivity contribution is -0.113. The van der Waals surface area contributed by atoms with E-state index in [1.165, 1.54) is 11.8 Å². The van der Waals surface area contributed by atoms with Crippen LogP contribution in [0, 0.1) is 6.92 Å². The predicted molar refractivity (Wildman–Crippen MR) is 136 cm³/mol. The number of nitrogens with zero attached hydrogens (tertiary/aromatic N) is 2. The largest absolute Gasteiger partial charge is 0.493 e. The standard InChI is InChI=1S/C24H19BrN2O3S2/c1-15-4-3-5-18(10-15)27-23(28)21(32-24(27)31)13-17-11-19(25)22(20(12-17)29-2)30-14-16-6-8-26-9-7-16/h3-13H,14H2,1-2H3/b21-13+. The molecule has 0 saturated carbocycles. The van der Waals surface area contributed by atoms with E-state index in [0.29, 0.717) is 27.3 Å². The molecule has 2 aromatic carbocycles. The van der Waals surface area contributed by atoms with Crippen LogP contribution >= 0.6 is 39.9 Å². The van der Waals surface area contributed by atoms with Crippen molar-refractivity contribution in [3.8, 4) is 11.5 Å². The Balaban J connectivity index is 1.59. The molecular formula is C24H19BrN2O3S2. The van der Waals surface area contributed by atoms with Crippen molar-refractivity contribution in [3.63, 3.8) is 0 Å². The van der Waals surface area contributed by atoms with Crippen LogP contribution in [0.15, 0.2) is 70.3 Å². The van der Waals surface area contributed by atoms with Gasteiger partial charge in [0.15, 0.2) is 15.8 Å². The number of amides is 1. The number of hydrogen-bond donors (Lipinski definition) is 0. The molecule has 8 heteroatoms. The van der Waals surface area contributed by atoms with E-state index in [4.69, 9.17) is 21.7 Å². The van der Waals surface area contributed by atoms with Gasteiger partial charge in [-0.1, -0.05) is 36.1 Å². The van der Waals surface area contributed by atoms with E-state index in [9.17, 15) is 4.79 Å². The summed E-state index contributed by atoms with van der Waals surface area (Å²) in [6.45, 7) is 2.37. The average Bonchev–Trinajstić information content (AvgIpc) is 3.06. The molecule has 0 N–H and O–H groups in total. The van der Waals surface area contributed by atoms with Crippen LogP contribution in [-0.2, 0) is 11.4 Å². The summed E-state index contributed by atoms with van der Waals surface area (Å²) in [7, 11) is 1.59. The number of ether oxygens (including phenoxy) is 2. The zero-order valence-corrected chi connectivity index (χ0v) is 20.6. The summed E-state index contributed by atoms with van der Waals surface area (Å²) in [6.07, 6.45) is 5.26. The van der Waals surface area contributed by atoms with Gasteiger partial charge in [0.05, 0.1) is 22.2 Å². The van der Waals surface area contributed by atoms with E-state index in [1.807, 2.05) is 61.5 Å². The molecule has 1 amide bonds. The fourth-order valence-corrected chi connectivity index (χ4v) is 5.08. The molecule has 1 aliphatic rings. The lowest BCUT2D eigenvalue weighted by atomic mass is 10.1. The fourth-order valence-electron chi connectivity index (χ4n) is 3.21. The van der Waals surface area contributed by atoms with Gasteiger partial charge in [0.2, 0.25) is 0 Å². The Labute approximate surface area is 204 Å². The first-order valence-electron chi connectivity index (χ1n) is 9.70. The summed E-state index contributed by atoms with van der Waals surface area (Å²) in [4.78, 5) is 19.2. The summed E-state index contributed by atoms with van der Waals surface area (Å²) < 4.78 is 12.8. The number of thioether (sulfide) groups is 1. The van der Waals surface area contributed by atoms with Gasteiger partial charge >= 0.3 is 0 Å². The number of rotatable bonds is 6. The molecule has 0 unspecified atom stereocenters. The van der Waals surface area contributed by atoms with Crippen LogP contribution in [0.2, 0.25) is 0 Å². The van der Waals surface area contributed by atoms with Crippen LogP contribution in [0.1, 0.15) is 16.7 Å². The third kappa shape index (κ3) is 4.87. The first-order chi connectivity index (χ1) is 15.5. The van der Waals surface area contributed by atoms with Gasteiger partial charge in [0, 0.05) is 12.4 Å². The minimum atomic E-state index is -0.140. The van der Waals surface area contributed by atoms with E-state index in [2.05, 4.69) is 20.9 Å². The van der Waals surface area contributed by atoms with Gasteiger partial charge in [-0.3, -0.25) is 14.7 Å². The van der Waals surface area contributed by atoms with E-state index >= 15 is 0 Å². The number of aromatic nitrogens is 1. The zero-order chi connectivity index (χ0) is 22.7. The minimum absolute atomic E-state index is 0.140. The molecule has 0 aliphatic carbocycles. The molecule has 0 spiro atoms. The first-order valence-corrected chi connectivity index (χ1v) is 11.7. The van der Waals surface area contributed by atoms with E-state index in [0.717, 1.165) is 26.9 Å². The molecule has 1 saturated heterocycles. The molecule has 1 aromatic heterocycles. The number of carbonyl (C=O) groups is 1. The lowest BCUT2D eigenvalue weighted by Crippen LogP contribution is -2.27. The van der Waals surface area contributed by atoms with Gasteiger partial charge in [-0.05, 0) is 82.0 Å². The Kier molecular flexibility index (Phi) is 6.93. The maximum Gasteiger partial charge on any atom is 0.270 e. The highest BCUT2D eigenvalue weighted by Gasteiger charge is 2.33. The van der Waals surface area contributed by atoms with Crippen LogP contribution in [0.4, 0.5) is 5.69 Å². The molecule has 5 nitrogen and oxygen atoms in total. The van der Waals surface area contributed by atoms with Crippen molar-refractivity contribution in [1.82, 2.24) is 4.98 Å². The molecule has 3 aromatic rings. The van der Waals surface area contributed by atoms with Crippen LogP contribution in [0.25, 0.3) is 6.08 Å². The van der Waals surface area contributed by atoms with Gasteiger partial charge in [0.1, 0.15) is 6.61 Å². The van der Waals surface area contributed by atoms with Crippen LogP contribution in [0.5, 0.6) is 11.5 Å². The van der Waals surface area contributed by atoms with Crippen LogP contribution < -0.4 is 14.4 Å². The number of anilines is 1. The smallest absolute Gasteiger partial charge is 0.270 e. The quantitative estimate of drug-likeness (QED) is 0.283. The predicted octanol–water partition coefficient (Wildman–Crippen LogP) is 6.15. The van der Waals surface area contributed by atoms with E-state index in [1.54, 1.807) is 24.4 Å². The summed E-state index contributed by atoms with van der Waals surface area (Å²) in [5.74, 6) is 1.02. The molecule has 1 aliphatic heterocycles. The highest BCUT2D eigenvalue weighted by Crippen LogP contribution is 2.40.